The SMILES string of the molecule is Cc1nc2c(ccc3c2c(C#N)cn3-c2ccc(-c3nn[nH]n3)c(O)c2)o1. The first-order chi connectivity index (χ1) is 13.2. The zero-order chi connectivity index (χ0) is 18.5. The molecule has 27 heavy (non-hydrogen) atoms. The fourth-order valence-corrected chi connectivity index (χ4v) is 3.26. The van der Waals surface area contributed by atoms with Crippen LogP contribution in [0.1, 0.15) is 11.5 Å². The van der Waals surface area contributed by atoms with Gasteiger partial charge in [-0.05, 0) is 29.5 Å². The second-order valence-electron chi connectivity index (χ2n) is 6.00. The Kier molecular flexibility index (Phi) is 3.02. The third-order valence-electron chi connectivity index (χ3n) is 4.40. The summed E-state index contributed by atoms with van der Waals surface area (Å²) in [5.74, 6) is 0.845. The van der Waals surface area contributed by atoms with E-state index in [9.17, 15) is 10.4 Å². The maximum Gasteiger partial charge on any atom is 0.208 e. The number of fused-ring (bicyclic) bond motifs is 3. The summed E-state index contributed by atoms with van der Waals surface area (Å²) in [6, 6.07) is 11.0. The predicted octanol–water partition coefficient (Wildman–Crippen LogP) is 2.84. The number of phenols is 1. The van der Waals surface area contributed by atoms with Crippen molar-refractivity contribution in [2.45, 2.75) is 6.92 Å². The fourth-order valence-electron chi connectivity index (χ4n) is 3.26. The number of phenolic OH excluding ortho intramolecular Hbond substituents is 1. The van der Waals surface area contributed by atoms with Gasteiger partial charge in [0.1, 0.15) is 17.3 Å². The predicted molar refractivity (Wildman–Crippen MR) is 95.1 cm³/mol. The van der Waals surface area contributed by atoms with Crippen LogP contribution in [0.15, 0.2) is 40.9 Å². The third-order valence-corrected chi connectivity index (χ3v) is 4.40. The lowest BCUT2D eigenvalue weighted by Crippen LogP contribution is -1.93. The second-order valence-corrected chi connectivity index (χ2v) is 6.00. The molecule has 0 aliphatic carbocycles. The van der Waals surface area contributed by atoms with E-state index >= 15 is 0 Å². The third kappa shape index (κ3) is 2.17. The van der Waals surface area contributed by atoms with Gasteiger partial charge in [0.25, 0.3) is 0 Å². The molecule has 0 radical (unpaired) electrons. The largest absolute Gasteiger partial charge is 0.507 e. The van der Waals surface area contributed by atoms with Crippen molar-refractivity contribution in [3.05, 3.63) is 48.0 Å². The number of aromatic hydroxyl groups is 1. The molecule has 9 heteroatoms. The van der Waals surface area contributed by atoms with E-state index in [1.165, 1.54) is 0 Å². The Balaban J connectivity index is 1.75. The summed E-state index contributed by atoms with van der Waals surface area (Å²) in [7, 11) is 0. The summed E-state index contributed by atoms with van der Waals surface area (Å²) in [4.78, 5) is 4.41. The van der Waals surface area contributed by atoms with E-state index in [0.29, 0.717) is 45.0 Å². The van der Waals surface area contributed by atoms with Gasteiger partial charge in [-0.2, -0.15) is 10.5 Å². The molecule has 0 atom stereocenters. The highest BCUT2D eigenvalue weighted by molar-refractivity contribution is 6.06. The van der Waals surface area contributed by atoms with E-state index in [1.807, 2.05) is 22.8 Å². The molecule has 0 aliphatic heterocycles. The zero-order valence-corrected chi connectivity index (χ0v) is 14.0. The molecule has 130 valence electrons. The first-order valence-corrected chi connectivity index (χ1v) is 8.04. The van der Waals surface area contributed by atoms with E-state index < -0.39 is 0 Å². The summed E-state index contributed by atoms with van der Waals surface area (Å²) < 4.78 is 7.40. The monoisotopic (exact) mass is 357 g/mol. The van der Waals surface area contributed by atoms with Gasteiger partial charge in [-0.3, -0.25) is 0 Å². The maximum atomic E-state index is 10.4. The minimum atomic E-state index is 0.00705. The molecule has 3 heterocycles. The Morgan fingerprint density at radius 1 is 1.26 bits per heavy atom. The van der Waals surface area contributed by atoms with Gasteiger partial charge < -0.3 is 14.1 Å². The number of hydrogen-bond acceptors (Lipinski definition) is 7. The van der Waals surface area contributed by atoms with Crippen LogP contribution in [0.2, 0.25) is 0 Å². The molecule has 9 nitrogen and oxygen atoms in total. The van der Waals surface area contributed by atoms with E-state index in [4.69, 9.17) is 4.42 Å². The number of aromatic nitrogens is 6. The lowest BCUT2D eigenvalue weighted by Gasteiger charge is -2.08. The van der Waals surface area contributed by atoms with Crippen molar-refractivity contribution in [3.8, 4) is 28.9 Å². The summed E-state index contributed by atoms with van der Waals surface area (Å²) in [5.41, 5.74) is 3.69. The maximum absolute atomic E-state index is 10.4. The fraction of sp³-hybridized carbons (Fsp3) is 0.0556. The van der Waals surface area contributed by atoms with Gasteiger partial charge in [0, 0.05) is 30.3 Å². The number of nitriles is 1. The molecule has 2 N–H and O–H groups in total. The van der Waals surface area contributed by atoms with Crippen molar-refractivity contribution in [2.75, 3.05) is 0 Å². The summed E-state index contributed by atoms with van der Waals surface area (Å²) in [5, 5.41) is 34.3. The van der Waals surface area contributed by atoms with Crippen LogP contribution in [0.4, 0.5) is 0 Å². The average Bonchev–Trinajstić information content (AvgIpc) is 3.38. The Hall–Kier alpha value is -4.19. The van der Waals surface area contributed by atoms with Crippen molar-refractivity contribution in [1.29, 1.82) is 5.26 Å². The van der Waals surface area contributed by atoms with Crippen LogP contribution in [0.5, 0.6) is 5.75 Å². The number of hydrogen-bond donors (Lipinski definition) is 2. The number of tetrazole rings is 1. The molecule has 0 bridgehead atoms. The number of benzene rings is 2. The van der Waals surface area contributed by atoms with Crippen molar-refractivity contribution < 1.29 is 9.52 Å². The van der Waals surface area contributed by atoms with Crippen LogP contribution in [0.3, 0.4) is 0 Å². The van der Waals surface area contributed by atoms with Crippen LogP contribution in [-0.2, 0) is 0 Å². The zero-order valence-electron chi connectivity index (χ0n) is 14.0. The molecule has 0 aliphatic rings. The van der Waals surface area contributed by atoms with E-state index in [0.717, 1.165) is 5.52 Å². The normalized spacial score (nSPS) is 11.3. The summed E-state index contributed by atoms with van der Waals surface area (Å²) in [6.45, 7) is 1.77. The molecule has 2 aromatic carbocycles. The van der Waals surface area contributed by atoms with Crippen LogP contribution in [0.25, 0.3) is 39.1 Å². The van der Waals surface area contributed by atoms with Crippen LogP contribution < -0.4 is 0 Å². The number of aromatic amines is 1. The molecular formula is C18H11N7O2. The van der Waals surface area contributed by atoms with Gasteiger partial charge >= 0.3 is 0 Å². The van der Waals surface area contributed by atoms with Crippen molar-refractivity contribution in [1.82, 2.24) is 30.2 Å². The topological polar surface area (TPSA) is 129 Å². The van der Waals surface area contributed by atoms with Crippen molar-refractivity contribution >= 4 is 22.0 Å². The van der Waals surface area contributed by atoms with Gasteiger partial charge in [0.2, 0.25) is 5.82 Å². The Morgan fingerprint density at radius 2 is 2.15 bits per heavy atom. The van der Waals surface area contributed by atoms with Gasteiger partial charge in [0.05, 0.1) is 16.6 Å². The standard InChI is InChI=1S/C18H11N7O2/c1-9-20-17-15(27-9)5-4-13-16(17)10(7-19)8-25(13)11-2-3-12(14(26)6-11)18-21-23-24-22-18/h2-6,8,26H,1H3,(H,21,22,23,24). The molecule has 5 aromatic rings. The van der Waals surface area contributed by atoms with Gasteiger partial charge in [0.15, 0.2) is 11.5 Å². The molecule has 0 amide bonds. The minimum Gasteiger partial charge on any atom is -0.507 e. The Morgan fingerprint density at radius 3 is 2.89 bits per heavy atom. The van der Waals surface area contributed by atoms with E-state index in [-0.39, 0.29) is 5.75 Å². The van der Waals surface area contributed by atoms with E-state index in [2.05, 4.69) is 31.7 Å². The first kappa shape index (κ1) is 15.1. The van der Waals surface area contributed by atoms with Crippen molar-refractivity contribution in [3.63, 3.8) is 0 Å². The number of nitrogens with zero attached hydrogens (tertiary/aromatic N) is 6. The van der Waals surface area contributed by atoms with Crippen molar-refractivity contribution in [2.24, 2.45) is 0 Å². The lowest BCUT2D eigenvalue weighted by molar-refractivity contribution is 0.476. The molecular weight excluding hydrogens is 346 g/mol. The Bertz CT molecular complexity index is 1360. The molecule has 3 aromatic heterocycles. The van der Waals surface area contributed by atoms with E-state index in [1.54, 1.807) is 25.3 Å². The minimum absolute atomic E-state index is 0.00705. The highest BCUT2D eigenvalue weighted by Gasteiger charge is 2.17. The molecule has 0 fully saturated rings. The first-order valence-electron chi connectivity index (χ1n) is 8.04. The highest BCUT2D eigenvalue weighted by Crippen LogP contribution is 2.34. The number of oxazole rings is 1. The molecule has 5 rings (SSSR count). The summed E-state index contributed by atoms with van der Waals surface area (Å²) >= 11 is 0. The van der Waals surface area contributed by atoms with Crippen LogP contribution in [0, 0.1) is 18.3 Å². The molecule has 0 saturated heterocycles. The molecule has 0 unspecified atom stereocenters. The van der Waals surface area contributed by atoms with Gasteiger partial charge in [-0.25, -0.2) is 4.98 Å². The smallest absolute Gasteiger partial charge is 0.208 e. The highest BCUT2D eigenvalue weighted by atomic mass is 16.3. The average molecular weight is 357 g/mol. The molecule has 0 spiro atoms. The Labute approximate surface area is 151 Å². The number of rotatable bonds is 2. The molecule has 0 saturated carbocycles. The number of H-pyrrole nitrogens is 1. The quantitative estimate of drug-likeness (QED) is 0.497. The number of nitrogens with one attached hydrogen (secondary N) is 1. The lowest BCUT2D eigenvalue weighted by atomic mass is 10.1. The van der Waals surface area contributed by atoms with Gasteiger partial charge in [-0.15, -0.1) is 10.2 Å². The second kappa shape index (κ2) is 5.40. The summed E-state index contributed by atoms with van der Waals surface area (Å²) in [6.07, 6.45) is 1.72. The van der Waals surface area contributed by atoms with Crippen LogP contribution in [-0.4, -0.2) is 35.3 Å². The van der Waals surface area contributed by atoms with Crippen LogP contribution >= 0.6 is 0 Å². The number of aryl methyl sites for hydroxylation is 1. The van der Waals surface area contributed by atoms with Gasteiger partial charge in [-0.1, -0.05) is 0 Å².